The van der Waals surface area contributed by atoms with Crippen molar-refractivity contribution in [3.63, 3.8) is 0 Å². The topological polar surface area (TPSA) is 89.5 Å². The second-order valence-electron chi connectivity index (χ2n) is 7.00. The van der Waals surface area contributed by atoms with Crippen molar-refractivity contribution in [3.8, 4) is 17.6 Å². The van der Waals surface area contributed by atoms with Gasteiger partial charge >= 0.3 is 0 Å². The third kappa shape index (κ3) is 5.19. The highest BCUT2D eigenvalue weighted by Crippen LogP contribution is 2.33. The molecule has 0 amide bonds. The third-order valence-electron chi connectivity index (χ3n) is 4.85. The van der Waals surface area contributed by atoms with Crippen LogP contribution in [0, 0.1) is 11.3 Å². The molecule has 0 radical (unpaired) electrons. The van der Waals surface area contributed by atoms with E-state index in [2.05, 4.69) is 37.0 Å². The number of nitriles is 1. The SMILES string of the molecule is CCOc1cc(C=Nn2c([C@H](C)CC)nc3ccc(Br)cc3c2=O)c(Br)cc1OCC#N. The molecule has 0 fully saturated rings. The highest BCUT2D eigenvalue weighted by atomic mass is 79.9. The summed E-state index contributed by atoms with van der Waals surface area (Å²) in [6, 6.07) is 10.9. The predicted molar refractivity (Wildman–Crippen MR) is 132 cm³/mol. The van der Waals surface area contributed by atoms with Crippen molar-refractivity contribution in [2.75, 3.05) is 13.2 Å². The van der Waals surface area contributed by atoms with Crippen LogP contribution in [0.25, 0.3) is 10.9 Å². The maximum Gasteiger partial charge on any atom is 0.282 e. The molecule has 3 aromatic rings. The number of halogens is 2. The zero-order valence-corrected chi connectivity index (χ0v) is 21.1. The molecule has 7 nitrogen and oxygen atoms in total. The molecule has 0 spiro atoms. The fraction of sp³-hybridized carbons (Fsp3) is 0.304. The Morgan fingerprint density at radius 3 is 2.66 bits per heavy atom. The summed E-state index contributed by atoms with van der Waals surface area (Å²) >= 11 is 6.93. The van der Waals surface area contributed by atoms with E-state index >= 15 is 0 Å². The van der Waals surface area contributed by atoms with E-state index in [9.17, 15) is 4.79 Å². The van der Waals surface area contributed by atoms with Gasteiger partial charge in [-0.15, -0.1) is 0 Å². The molecule has 2 aromatic carbocycles. The Labute approximate surface area is 202 Å². The van der Waals surface area contributed by atoms with Gasteiger partial charge < -0.3 is 9.47 Å². The molecule has 0 N–H and O–H groups in total. The first-order valence-corrected chi connectivity index (χ1v) is 11.7. The van der Waals surface area contributed by atoms with E-state index in [0.29, 0.717) is 44.9 Å². The Balaban J connectivity index is 2.13. The lowest BCUT2D eigenvalue weighted by molar-refractivity contribution is 0.298. The van der Waals surface area contributed by atoms with Gasteiger partial charge in [-0.1, -0.05) is 29.8 Å². The number of fused-ring (bicyclic) bond motifs is 1. The average molecular weight is 562 g/mol. The van der Waals surface area contributed by atoms with Crippen LogP contribution < -0.4 is 15.0 Å². The highest BCUT2D eigenvalue weighted by molar-refractivity contribution is 9.10. The summed E-state index contributed by atoms with van der Waals surface area (Å²) in [5, 5.41) is 13.8. The van der Waals surface area contributed by atoms with E-state index in [-0.39, 0.29) is 18.1 Å². The van der Waals surface area contributed by atoms with E-state index in [1.807, 2.05) is 39.0 Å². The Morgan fingerprint density at radius 2 is 1.97 bits per heavy atom. The van der Waals surface area contributed by atoms with Crippen molar-refractivity contribution in [2.45, 2.75) is 33.1 Å². The van der Waals surface area contributed by atoms with Crippen molar-refractivity contribution in [1.29, 1.82) is 5.26 Å². The third-order valence-corrected chi connectivity index (χ3v) is 6.03. The first-order chi connectivity index (χ1) is 15.4. The standard InChI is InChI=1S/C23H22Br2N4O3/c1-4-14(3)22-28-19-7-6-16(24)11-17(19)23(30)29(22)27-13-15-10-20(31-5-2)21(12-18(15)25)32-9-8-26/h6-7,10-14H,4-5,9H2,1-3H3/t14-/m1/s1. The summed E-state index contributed by atoms with van der Waals surface area (Å²) in [5.74, 6) is 1.57. The molecule has 3 rings (SSSR count). The van der Waals surface area contributed by atoms with Crippen LogP contribution in [0.2, 0.25) is 0 Å². The molecule has 0 saturated heterocycles. The van der Waals surface area contributed by atoms with Crippen LogP contribution >= 0.6 is 31.9 Å². The number of rotatable bonds is 8. The molecule has 0 bridgehead atoms. The van der Waals surface area contributed by atoms with E-state index in [1.54, 1.807) is 24.4 Å². The maximum absolute atomic E-state index is 13.3. The maximum atomic E-state index is 13.3. The molecule has 1 aromatic heterocycles. The van der Waals surface area contributed by atoms with Gasteiger partial charge in [0.1, 0.15) is 11.9 Å². The molecule has 32 heavy (non-hydrogen) atoms. The Hall–Kier alpha value is -2.70. The second kappa shape index (κ2) is 10.7. The summed E-state index contributed by atoms with van der Waals surface area (Å²) in [6.07, 6.45) is 2.40. The van der Waals surface area contributed by atoms with Gasteiger partial charge in [-0.25, -0.2) is 4.98 Å². The van der Waals surface area contributed by atoms with Crippen molar-refractivity contribution in [1.82, 2.24) is 9.66 Å². The molecule has 0 saturated carbocycles. The van der Waals surface area contributed by atoms with Gasteiger partial charge in [-0.05, 0) is 59.6 Å². The molecule has 0 aliphatic heterocycles. The number of hydrogen-bond donors (Lipinski definition) is 0. The molecule has 1 heterocycles. The van der Waals surface area contributed by atoms with Crippen molar-refractivity contribution < 1.29 is 9.47 Å². The summed E-state index contributed by atoms with van der Waals surface area (Å²) in [6.45, 7) is 6.26. The predicted octanol–water partition coefficient (Wildman–Crippen LogP) is 5.62. The monoisotopic (exact) mass is 560 g/mol. The summed E-state index contributed by atoms with van der Waals surface area (Å²) in [4.78, 5) is 18.0. The second-order valence-corrected chi connectivity index (χ2v) is 8.77. The lowest BCUT2D eigenvalue weighted by Gasteiger charge is -2.14. The van der Waals surface area contributed by atoms with Crippen LogP contribution in [0.3, 0.4) is 0 Å². The fourth-order valence-corrected chi connectivity index (χ4v) is 3.83. The zero-order valence-electron chi connectivity index (χ0n) is 17.9. The van der Waals surface area contributed by atoms with Crippen molar-refractivity contribution in [2.24, 2.45) is 5.10 Å². The smallest absolute Gasteiger partial charge is 0.282 e. The normalized spacial score (nSPS) is 12.1. The minimum atomic E-state index is -0.238. The molecular weight excluding hydrogens is 540 g/mol. The summed E-state index contributed by atoms with van der Waals surface area (Å²) < 4.78 is 13.9. The number of ether oxygens (including phenoxy) is 2. The molecule has 0 aliphatic rings. The molecule has 166 valence electrons. The van der Waals surface area contributed by atoms with E-state index < -0.39 is 0 Å². The van der Waals surface area contributed by atoms with Crippen molar-refractivity contribution >= 4 is 49.0 Å². The van der Waals surface area contributed by atoms with Gasteiger partial charge in [0.2, 0.25) is 0 Å². The summed E-state index contributed by atoms with van der Waals surface area (Å²) in [5.41, 5.74) is 1.09. The zero-order chi connectivity index (χ0) is 23.3. The van der Waals surface area contributed by atoms with Gasteiger partial charge in [0.05, 0.1) is 23.7 Å². The van der Waals surface area contributed by atoms with Crippen LogP contribution in [0.5, 0.6) is 11.5 Å². The number of aromatic nitrogens is 2. The van der Waals surface area contributed by atoms with Crippen LogP contribution in [0.15, 0.2) is 49.2 Å². The van der Waals surface area contributed by atoms with Gasteiger partial charge in [0.25, 0.3) is 5.56 Å². The largest absolute Gasteiger partial charge is 0.490 e. The highest BCUT2D eigenvalue weighted by Gasteiger charge is 2.16. The summed E-state index contributed by atoms with van der Waals surface area (Å²) in [7, 11) is 0. The van der Waals surface area contributed by atoms with Crippen LogP contribution in [0.4, 0.5) is 0 Å². The Bertz CT molecular complexity index is 1260. The number of benzene rings is 2. The van der Waals surface area contributed by atoms with Crippen LogP contribution in [-0.4, -0.2) is 29.1 Å². The molecule has 0 unspecified atom stereocenters. The lowest BCUT2D eigenvalue weighted by Crippen LogP contribution is -2.23. The average Bonchev–Trinajstić information content (AvgIpc) is 2.78. The van der Waals surface area contributed by atoms with Crippen LogP contribution in [-0.2, 0) is 0 Å². The van der Waals surface area contributed by atoms with E-state index in [0.717, 1.165) is 10.9 Å². The van der Waals surface area contributed by atoms with Crippen molar-refractivity contribution in [3.05, 3.63) is 61.0 Å². The van der Waals surface area contributed by atoms with E-state index in [4.69, 9.17) is 19.7 Å². The number of nitrogens with zero attached hydrogens (tertiary/aromatic N) is 4. The minimum absolute atomic E-state index is 0.0390. The van der Waals surface area contributed by atoms with Crippen LogP contribution in [0.1, 0.15) is 44.5 Å². The number of hydrogen-bond acceptors (Lipinski definition) is 6. The molecular formula is C23H22Br2N4O3. The quantitative estimate of drug-likeness (QED) is 0.333. The minimum Gasteiger partial charge on any atom is -0.490 e. The molecule has 1 atom stereocenters. The molecule has 0 aliphatic carbocycles. The van der Waals surface area contributed by atoms with Gasteiger partial charge in [-0.2, -0.15) is 15.0 Å². The Morgan fingerprint density at radius 1 is 1.22 bits per heavy atom. The fourth-order valence-electron chi connectivity index (χ4n) is 3.04. The van der Waals surface area contributed by atoms with Gasteiger partial charge in [0, 0.05) is 20.4 Å². The van der Waals surface area contributed by atoms with Gasteiger partial charge in [-0.3, -0.25) is 4.79 Å². The molecule has 9 heteroatoms. The Kier molecular flexibility index (Phi) is 8.04. The van der Waals surface area contributed by atoms with E-state index in [1.165, 1.54) is 4.68 Å². The first kappa shape index (κ1) is 24.0. The first-order valence-electron chi connectivity index (χ1n) is 10.1. The lowest BCUT2D eigenvalue weighted by atomic mass is 10.1. The van der Waals surface area contributed by atoms with Gasteiger partial charge in [0.15, 0.2) is 18.1 Å².